The fourth-order valence-corrected chi connectivity index (χ4v) is 3.40. The lowest BCUT2D eigenvalue weighted by Gasteiger charge is -2.20. The molecular weight excluding hydrogens is 336 g/mol. The molecule has 0 atom stereocenters. The van der Waals surface area contributed by atoms with Crippen LogP contribution in [-0.2, 0) is 0 Å². The number of carbonyl (C=O) groups excluding carboxylic acids is 2. The van der Waals surface area contributed by atoms with Crippen molar-refractivity contribution < 1.29 is 9.59 Å². The quantitative estimate of drug-likeness (QED) is 0.338. The highest BCUT2D eigenvalue weighted by atomic mass is 16.2. The summed E-state index contributed by atoms with van der Waals surface area (Å²) in [4.78, 5) is 29.0. The second-order valence-corrected chi connectivity index (χ2v) is 7.13. The molecule has 0 unspecified atom stereocenters. The molecule has 0 aliphatic rings. The molecule has 4 nitrogen and oxygen atoms in total. The van der Waals surface area contributed by atoms with Crippen molar-refractivity contribution in [2.75, 3.05) is 32.7 Å². The smallest absolute Gasteiger partial charge is 0.253 e. The Hall–Kier alpha value is -1.68. The van der Waals surface area contributed by atoms with Gasteiger partial charge in [0.05, 0.1) is 0 Å². The first-order chi connectivity index (χ1) is 13.1. The number of hydrogen-bond donors (Lipinski definition) is 0. The number of nitrogens with zero attached hydrogens (tertiary/aromatic N) is 2. The van der Waals surface area contributed by atoms with Crippen molar-refractivity contribution in [3.05, 3.63) is 35.4 Å². The fourth-order valence-electron chi connectivity index (χ4n) is 3.40. The molecule has 0 heterocycles. The molecule has 0 bridgehead atoms. The summed E-state index contributed by atoms with van der Waals surface area (Å²) >= 11 is 0. The highest BCUT2D eigenvalue weighted by Gasteiger charge is 2.13. The van der Waals surface area contributed by atoms with E-state index >= 15 is 0 Å². The Labute approximate surface area is 165 Å². The van der Waals surface area contributed by atoms with Gasteiger partial charge in [0, 0.05) is 30.6 Å². The van der Waals surface area contributed by atoms with Crippen molar-refractivity contribution in [1.82, 2.24) is 9.80 Å². The van der Waals surface area contributed by atoms with Gasteiger partial charge in [0.2, 0.25) is 0 Å². The lowest BCUT2D eigenvalue weighted by Crippen LogP contribution is -2.30. The van der Waals surface area contributed by atoms with E-state index in [-0.39, 0.29) is 11.7 Å². The summed E-state index contributed by atoms with van der Waals surface area (Å²) in [7, 11) is 0. The normalized spacial score (nSPS) is 11.0. The standard InChI is InChI=1S/C23H38N2O2/c1-5-17-24(18-6-2)19-11-9-10-12-22(26)20-13-15-21(16-14-20)23(27)25(7-3)8-4/h13-16H,5-12,17-19H2,1-4H3. The molecule has 1 rings (SSSR count). The third-order valence-corrected chi connectivity index (χ3v) is 4.96. The maximum Gasteiger partial charge on any atom is 0.253 e. The predicted molar refractivity (Wildman–Crippen MR) is 114 cm³/mol. The van der Waals surface area contributed by atoms with Crippen LogP contribution in [0, 0.1) is 0 Å². The number of ketones is 1. The number of unbranched alkanes of at least 4 members (excludes halogenated alkanes) is 2. The Morgan fingerprint density at radius 2 is 1.30 bits per heavy atom. The van der Waals surface area contributed by atoms with Gasteiger partial charge in [-0.2, -0.15) is 0 Å². The Morgan fingerprint density at radius 1 is 0.741 bits per heavy atom. The van der Waals surface area contributed by atoms with Crippen LogP contribution in [0.4, 0.5) is 0 Å². The minimum absolute atomic E-state index is 0.0303. The van der Waals surface area contributed by atoms with E-state index in [9.17, 15) is 9.59 Å². The molecule has 1 aromatic rings. The highest BCUT2D eigenvalue weighted by molar-refractivity contribution is 5.98. The lowest BCUT2D eigenvalue weighted by molar-refractivity contribution is 0.0772. The van der Waals surface area contributed by atoms with Crippen LogP contribution in [-0.4, -0.2) is 54.2 Å². The third kappa shape index (κ3) is 8.25. The van der Waals surface area contributed by atoms with Gasteiger partial charge in [-0.05, 0) is 71.3 Å². The van der Waals surface area contributed by atoms with Gasteiger partial charge in [0.25, 0.3) is 5.91 Å². The Bertz CT molecular complexity index is 544. The van der Waals surface area contributed by atoms with E-state index in [2.05, 4.69) is 18.7 Å². The number of rotatable bonds is 14. The maximum absolute atomic E-state index is 12.4. The molecule has 0 aliphatic carbocycles. The molecule has 27 heavy (non-hydrogen) atoms. The van der Waals surface area contributed by atoms with Crippen molar-refractivity contribution in [1.29, 1.82) is 0 Å². The summed E-state index contributed by atoms with van der Waals surface area (Å²) in [6.45, 7) is 13.3. The largest absolute Gasteiger partial charge is 0.339 e. The summed E-state index contributed by atoms with van der Waals surface area (Å²) < 4.78 is 0. The Morgan fingerprint density at radius 3 is 1.81 bits per heavy atom. The molecule has 0 spiro atoms. The van der Waals surface area contributed by atoms with Crippen LogP contribution in [0.2, 0.25) is 0 Å². The van der Waals surface area contributed by atoms with Crippen molar-refractivity contribution in [3.63, 3.8) is 0 Å². The monoisotopic (exact) mass is 374 g/mol. The summed E-state index contributed by atoms with van der Waals surface area (Å²) in [5.41, 5.74) is 1.37. The molecular formula is C23H38N2O2. The predicted octanol–water partition coefficient (Wildman–Crippen LogP) is 5.03. The minimum atomic E-state index is 0.0303. The molecule has 1 aromatic carbocycles. The van der Waals surface area contributed by atoms with Crippen LogP contribution in [0.1, 0.15) is 86.9 Å². The van der Waals surface area contributed by atoms with Crippen LogP contribution >= 0.6 is 0 Å². The van der Waals surface area contributed by atoms with E-state index in [1.165, 1.54) is 25.9 Å². The average molecular weight is 375 g/mol. The molecule has 0 radical (unpaired) electrons. The van der Waals surface area contributed by atoms with Gasteiger partial charge in [-0.15, -0.1) is 0 Å². The highest BCUT2D eigenvalue weighted by Crippen LogP contribution is 2.12. The van der Waals surface area contributed by atoms with Gasteiger partial charge < -0.3 is 9.80 Å². The topological polar surface area (TPSA) is 40.6 Å². The minimum Gasteiger partial charge on any atom is -0.339 e. The summed E-state index contributed by atoms with van der Waals surface area (Å²) in [6.07, 6.45) is 6.17. The van der Waals surface area contributed by atoms with Gasteiger partial charge >= 0.3 is 0 Å². The zero-order chi connectivity index (χ0) is 20.1. The second kappa shape index (κ2) is 13.5. The van der Waals surface area contributed by atoms with Crippen LogP contribution in [0.15, 0.2) is 24.3 Å². The zero-order valence-electron chi connectivity index (χ0n) is 17.8. The number of Topliss-reactive ketones (excluding diaryl/α,β-unsaturated/α-hetero) is 1. The third-order valence-electron chi connectivity index (χ3n) is 4.96. The summed E-state index contributed by atoms with van der Waals surface area (Å²) in [5.74, 6) is 0.207. The Kier molecular flexibility index (Phi) is 11.7. The molecule has 4 heteroatoms. The van der Waals surface area contributed by atoms with Gasteiger partial charge in [0.15, 0.2) is 5.78 Å². The van der Waals surface area contributed by atoms with E-state index in [4.69, 9.17) is 0 Å². The lowest BCUT2D eigenvalue weighted by atomic mass is 10.0. The van der Waals surface area contributed by atoms with Gasteiger partial charge in [-0.3, -0.25) is 9.59 Å². The average Bonchev–Trinajstić information content (AvgIpc) is 2.68. The van der Waals surface area contributed by atoms with Gasteiger partial charge in [-0.1, -0.05) is 32.4 Å². The first kappa shape index (κ1) is 23.4. The first-order valence-electron chi connectivity index (χ1n) is 10.7. The van der Waals surface area contributed by atoms with Crippen LogP contribution in [0.3, 0.4) is 0 Å². The van der Waals surface area contributed by atoms with Gasteiger partial charge in [-0.25, -0.2) is 0 Å². The molecule has 0 saturated carbocycles. The van der Waals surface area contributed by atoms with Crippen molar-refractivity contribution >= 4 is 11.7 Å². The van der Waals surface area contributed by atoms with E-state index in [0.717, 1.165) is 25.8 Å². The molecule has 1 amide bonds. The van der Waals surface area contributed by atoms with E-state index < -0.39 is 0 Å². The molecule has 0 aromatic heterocycles. The Balaban J connectivity index is 2.39. The number of benzene rings is 1. The summed E-state index contributed by atoms with van der Waals surface area (Å²) in [6, 6.07) is 7.15. The van der Waals surface area contributed by atoms with Gasteiger partial charge in [0.1, 0.15) is 0 Å². The van der Waals surface area contributed by atoms with E-state index in [0.29, 0.717) is 30.6 Å². The first-order valence-corrected chi connectivity index (χ1v) is 10.7. The molecule has 0 saturated heterocycles. The fraction of sp³-hybridized carbons (Fsp3) is 0.652. The summed E-state index contributed by atoms with van der Waals surface area (Å²) in [5, 5.41) is 0. The van der Waals surface area contributed by atoms with Crippen LogP contribution in [0.5, 0.6) is 0 Å². The molecule has 0 aliphatic heterocycles. The molecule has 0 fully saturated rings. The van der Waals surface area contributed by atoms with Crippen molar-refractivity contribution in [2.45, 2.75) is 66.2 Å². The number of amides is 1. The molecule has 0 N–H and O–H groups in total. The van der Waals surface area contributed by atoms with Crippen molar-refractivity contribution in [2.24, 2.45) is 0 Å². The maximum atomic E-state index is 12.4. The number of hydrogen-bond acceptors (Lipinski definition) is 3. The van der Waals surface area contributed by atoms with Crippen molar-refractivity contribution in [3.8, 4) is 0 Å². The van der Waals surface area contributed by atoms with E-state index in [1.54, 1.807) is 29.2 Å². The SMILES string of the molecule is CCCN(CCC)CCCCCC(=O)c1ccc(C(=O)N(CC)CC)cc1. The molecule has 152 valence electrons. The zero-order valence-corrected chi connectivity index (χ0v) is 17.8. The second-order valence-electron chi connectivity index (χ2n) is 7.13. The van der Waals surface area contributed by atoms with Crippen LogP contribution in [0.25, 0.3) is 0 Å². The number of carbonyl (C=O) groups is 2. The van der Waals surface area contributed by atoms with Crippen LogP contribution < -0.4 is 0 Å². The van der Waals surface area contributed by atoms with E-state index in [1.807, 2.05) is 13.8 Å².